The maximum absolute atomic E-state index is 5.45. The molecular formula is C56H35N7. The first kappa shape index (κ1) is 35.1. The highest BCUT2D eigenvalue weighted by Gasteiger charge is 2.22. The molecule has 0 aliphatic rings. The molecule has 0 amide bonds. The van der Waals surface area contributed by atoms with Crippen molar-refractivity contribution in [3.8, 4) is 51.2 Å². The standard InChI is InChI=1S/C56H35N7/c1-3-14-36(15-4-1)38-26-28-51-45(33-38)42-20-7-11-24-49(42)62(51)55-58-54(40-18-13-19-41(32-40)61-48-23-10-9-22-44(48)47-35-57-31-30-53(47)61)59-56(60-55)63-50-25-12-8-21-43(50)46-34-39(27-29-52(46)63)37-16-5-2-6-17-37/h1-35H. The summed E-state index contributed by atoms with van der Waals surface area (Å²) in [6.07, 6.45) is 3.81. The van der Waals surface area contributed by atoms with E-state index in [2.05, 4.69) is 219 Å². The minimum absolute atomic E-state index is 0.536. The van der Waals surface area contributed by atoms with Crippen LogP contribution in [0.15, 0.2) is 213 Å². The second-order valence-corrected chi connectivity index (χ2v) is 16.0. The van der Waals surface area contributed by atoms with Crippen molar-refractivity contribution < 1.29 is 0 Å². The second kappa shape index (κ2) is 13.9. The molecule has 0 aliphatic heterocycles. The third kappa shape index (κ3) is 5.53. The predicted molar refractivity (Wildman–Crippen MR) is 257 cm³/mol. The quantitative estimate of drug-likeness (QED) is 0.168. The zero-order valence-electron chi connectivity index (χ0n) is 33.8. The van der Waals surface area contributed by atoms with Crippen molar-refractivity contribution in [1.82, 2.24) is 33.6 Å². The van der Waals surface area contributed by atoms with Crippen LogP contribution in [0.1, 0.15) is 0 Å². The van der Waals surface area contributed by atoms with Gasteiger partial charge in [-0.3, -0.25) is 14.1 Å². The Balaban J connectivity index is 1.08. The van der Waals surface area contributed by atoms with Gasteiger partial charge in [-0.2, -0.15) is 15.0 Å². The summed E-state index contributed by atoms with van der Waals surface area (Å²) in [5, 5.41) is 6.77. The molecule has 294 valence electrons. The van der Waals surface area contributed by atoms with Crippen molar-refractivity contribution in [2.45, 2.75) is 0 Å². The van der Waals surface area contributed by atoms with E-state index in [4.69, 9.17) is 15.0 Å². The van der Waals surface area contributed by atoms with Crippen LogP contribution < -0.4 is 0 Å². The molecule has 0 saturated carbocycles. The first-order valence-corrected chi connectivity index (χ1v) is 21.1. The van der Waals surface area contributed by atoms with Gasteiger partial charge in [0.25, 0.3) is 0 Å². The van der Waals surface area contributed by atoms with Gasteiger partial charge in [-0.15, -0.1) is 0 Å². The van der Waals surface area contributed by atoms with Gasteiger partial charge in [0.15, 0.2) is 5.82 Å². The minimum atomic E-state index is 0.536. The van der Waals surface area contributed by atoms with Crippen LogP contribution in [0, 0.1) is 0 Å². The number of fused-ring (bicyclic) bond motifs is 9. The molecule has 0 bridgehead atoms. The van der Waals surface area contributed by atoms with E-state index in [9.17, 15) is 0 Å². The fourth-order valence-electron chi connectivity index (χ4n) is 9.56. The van der Waals surface area contributed by atoms with Gasteiger partial charge in [0.05, 0.1) is 33.1 Å². The zero-order valence-corrected chi connectivity index (χ0v) is 33.8. The van der Waals surface area contributed by atoms with Crippen molar-refractivity contribution >= 4 is 65.4 Å². The van der Waals surface area contributed by atoms with Gasteiger partial charge in [-0.1, -0.05) is 140 Å². The highest BCUT2D eigenvalue weighted by molar-refractivity contribution is 6.12. The van der Waals surface area contributed by atoms with Gasteiger partial charge in [0.2, 0.25) is 11.9 Å². The Hall–Kier alpha value is -8.68. The highest BCUT2D eigenvalue weighted by atomic mass is 15.3. The van der Waals surface area contributed by atoms with E-state index >= 15 is 0 Å². The van der Waals surface area contributed by atoms with Crippen molar-refractivity contribution in [3.63, 3.8) is 0 Å². The van der Waals surface area contributed by atoms with Gasteiger partial charge in [-0.25, -0.2) is 0 Å². The largest absolute Gasteiger partial charge is 0.309 e. The second-order valence-electron chi connectivity index (χ2n) is 16.0. The molecule has 5 heterocycles. The number of para-hydroxylation sites is 3. The van der Waals surface area contributed by atoms with Gasteiger partial charge in [0.1, 0.15) is 0 Å². The molecule has 13 aromatic rings. The van der Waals surface area contributed by atoms with Crippen LogP contribution in [0.4, 0.5) is 0 Å². The highest BCUT2D eigenvalue weighted by Crippen LogP contribution is 2.38. The van der Waals surface area contributed by atoms with Gasteiger partial charge < -0.3 is 4.57 Å². The van der Waals surface area contributed by atoms with Crippen molar-refractivity contribution in [3.05, 3.63) is 213 Å². The molecule has 0 aliphatic carbocycles. The fraction of sp³-hybridized carbons (Fsp3) is 0. The Morgan fingerprint density at radius 3 is 1.32 bits per heavy atom. The lowest BCUT2D eigenvalue weighted by atomic mass is 10.0. The number of nitrogens with zero attached hydrogens (tertiary/aromatic N) is 7. The molecule has 0 radical (unpaired) electrons. The molecule has 63 heavy (non-hydrogen) atoms. The van der Waals surface area contributed by atoms with Crippen LogP contribution in [-0.2, 0) is 0 Å². The maximum Gasteiger partial charge on any atom is 0.240 e. The van der Waals surface area contributed by atoms with E-state index in [0.717, 1.165) is 87.8 Å². The van der Waals surface area contributed by atoms with E-state index < -0.39 is 0 Å². The van der Waals surface area contributed by atoms with E-state index in [-0.39, 0.29) is 0 Å². The number of hydrogen-bond acceptors (Lipinski definition) is 4. The normalized spacial score (nSPS) is 11.8. The number of pyridine rings is 1. The number of benzene rings is 8. The van der Waals surface area contributed by atoms with Crippen molar-refractivity contribution in [2.75, 3.05) is 0 Å². The number of aromatic nitrogens is 7. The van der Waals surface area contributed by atoms with Crippen molar-refractivity contribution in [2.24, 2.45) is 0 Å². The molecule has 7 heteroatoms. The van der Waals surface area contributed by atoms with E-state index in [0.29, 0.717) is 17.7 Å². The summed E-state index contributed by atoms with van der Waals surface area (Å²) < 4.78 is 6.69. The van der Waals surface area contributed by atoms with E-state index in [1.165, 1.54) is 11.1 Å². The molecule has 0 atom stereocenters. The monoisotopic (exact) mass is 805 g/mol. The van der Waals surface area contributed by atoms with Gasteiger partial charge >= 0.3 is 0 Å². The number of hydrogen-bond donors (Lipinski definition) is 0. The molecule has 0 spiro atoms. The molecule has 0 fully saturated rings. The minimum Gasteiger partial charge on any atom is -0.309 e. The van der Waals surface area contributed by atoms with Gasteiger partial charge in [0, 0.05) is 56.0 Å². The lowest BCUT2D eigenvalue weighted by Crippen LogP contribution is -2.10. The number of rotatable bonds is 6. The average Bonchev–Trinajstić information content (AvgIpc) is 4.00. The van der Waals surface area contributed by atoms with Crippen LogP contribution in [0.2, 0.25) is 0 Å². The molecule has 13 rings (SSSR count). The summed E-state index contributed by atoms with van der Waals surface area (Å²) in [4.78, 5) is 20.7. The molecule has 0 unspecified atom stereocenters. The summed E-state index contributed by atoms with van der Waals surface area (Å²) in [5.74, 6) is 1.64. The summed E-state index contributed by atoms with van der Waals surface area (Å²) in [6.45, 7) is 0. The van der Waals surface area contributed by atoms with Crippen LogP contribution in [-0.4, -0.2) is 33.6 Å². The molecular weight excluding hydrogens is 771 g/mol. The summed E-state index contributed by atoms with van der Waals surface area (Å²) in [7, 11) is 0. The topological polar surface area (TPSA) is 66.3 Å². The van der Waals surface area contributed by atoms with Crippen molar-refractivity contribution in [1.29, 1.82) is 0 Å². The van der Waals surface area contributed by atoms with E-state index in [1.54, 1.807) is 0 Å². The first-order valence-electron chi connectivity index (χ1n) is 21.1. The van der Waals surface area contributed by atoms with Crippen LogP contribution in [0.3, 0.4) is 0 Å². The van der Waals surface area contributed by atoms with Crippen LogP contribution in [0.5, 0.6) is 0 Å². The Bertz CT molecular complexity index is 3690. The SMILES string of the molecule is c1ccc(-c2ccc3c(c2)c2ccccc2n3-c2nc(-c3cccc(-n4c5ccccc5c5cnccc54)c3)nc(-n3c4ccccc4c4cc(-c5ccccc5)ccc43)n2)cc1. The lowest BCUT2D eigenvalue weighted by Gasteiger charge is -2.14. The zero-order chi connectivity index (χ0) is 41.4. The van der Waals surface area contributed by atoms with Gasteiger partial charge in [-0.05, 0) is 82.9 Å². The summed E-state index contributed by atoms with van der Waals surface area (Å²) in [5.41, 5.74) is 12.8. The van der Waals surface area contributed by atoms with E-state index in [1.807, 2.05) is 12.4 Å². The third-order valence-electron chi connectivity index (χ3n) is 12.4. The Kier molecular flexibility index (Phi) is 7.77. The summed E-state index contributed by atoms with van der Waals surface area (Å²) in [6, 6.07) is 70.6. The third-order valence-corrected chi connectivity index (χ3v) is 12.4. The summed E-state index contributed by atoms with van der Waals surface area (Å²) >= 11 is 0. The van der Waals surface area contributed by atoms with Crippen LogP contribution in [0.25, 0.3) is 117 Å². The molecule has 7 nitrogen and oxygen atoms in total. The average molecular weight is 806 g/mol. The molecule has 5 aromatic heterocycles. The molecule has 0 N–H and O–H groups in total. The molecule has 8 aromatic carbocycles. The Labute approximate surface area is 361 Å². The smallest absolute Gasteiger partial charge is 0.240 e. The maximum atomic E-state index is 5.45. The molecule has 0 saturated heterocycles. The lowest BCUT2D eigenvalue weighted by molar-refractivity contribution is 0.892. The Morgan fingerprint density at radius 1 is 0.286 bits per heavy atom. The fourth-order valence-corrected chi connectivity index (χ4v) is 9.56. The predicted octanol–water partition coefficient (Wildman–Crippen LogP) is 13.6. The first-order chi connectivity index (χ1) is 31.2. The van der Waals surface area contributed by atoms with Crippen LogP contribution >= 0.6 is 0 Å². The Morgan fingerprint density at radius 2 is 0.746 bits per heavy atom.